The fourth-order valence-corrected chi connectivity index (χ4v) is 4.24. The molecule has 228 valence electrons. The van der Waals surface area contributed by atoms with Crippen LogP contribution in [-0.4, -0.2) is 65.9 Å². The van der Waals surface area contributed by atoms with Gasteiger partial charge in [-0.2, -0.15) is 8.78 Å². The van der Waals surface area contributed by atoms with Gasteiger partial charge in [0.15, 0.2) is 0 Å². The lowest BCUT2D eigenvalue weighted by atomic mass is 10.2. The van der Waals surface area contributed by atoms with Gasteiger partial charge in [0.05, 0.1) is 13.1 Å². The van der Waals surface area contributed by atoms with E-state index < -0.39 is 6.61 Å². The molecule has 0 spiro atoms. The van der Waals surface area contributed by atoms with Gasteiger partial charge in [0, 0.05) is 54.3 Å². The minimum atomic E-state index is -2.62. The number of nitrogens with zero attached hydrogens (tertiary/aromatic N) is 2. The Morgan fingerprint density at radius 1 is 1.12 bits per heavy atom. The van der Waals surface area contributed by atoms with Gasteiger partial charge < -0.3 is 30.0 Å². The SMILES string of the molecule is CC1CCCN1C(=O)CNC(=O)c1ccc(Oc2ccccc2)cc1.COC(F)F.O=CNCc1cc2cnccc2[nH]1. The van der Waals surface area contributed by atoms with E-state index in [1.807, 2.05) is 54.3 Å². The molecule has 1 atom stereocenters. The first-order valence-electron chi connectivity index (χ1n) is 13.6. The van der Waals surface area contributed by atoms with Crippen molar-refractivity contribution in [3.63, 3.8) is 0 Å². The molecule has 1 fully saturated rings. The van der Waals surface area contributed by atoms with Crippen LogP contribution < -0.4 is 15.4 Å². The average Bonchev–Trinajstić information content (AvgIpc) is 3.66. The number of alkyl halides is 2. The fraction of sp³-hybridized carbons (Fsp3) is 0.290. The minimum absolute atomic E-state index is 0.0256. The number of hydrogen-bond donors (Lipinski definition) is 3. The Labute approximate surface area is 248 Å². The third-order valence-corrected chi connectivity index (χ3v) is 6.40. The number of methoxy groups -OCH3 is 1. The summed E-state index contributed by atoms with van der Waals surface area (Å²) < 4.78 is 30.2. The molecule has 3 amide bonds. The largest absolute Gasteiger partial charge is 0.457 e. The van der Waals surface area contributed by atoms with E-state index in [9.17, 15) is 23.2 Å². The molecular weight excluding hydrogens is 560 g/mol. The van der Waals surface area contributed by atoms with Gasteiger partial charge in [-0.1, -0.05) is 18.2 Å². The molecule has 0 radical (unpaired) electrons. The highest BCUT2D eigenvalue weighted by Crippen LogP contribution is 2.21. The van der Waals surface area contributed by atoms with E-state index in [0.29, 0.717) is 24.3 Å². The second-order valence-corrected chi connectivity index (χ2v) is 9.45. The number of ether oxygens (including phenoxy) is 2. The molecule has 10 nitrogen and oxygen atoms in total. The van der Waals surface area contributed by atoms with Crippen molar-refractivity contribution >= 4 is 29.1 Å². The van der Waals surface area contributed by atoms with E-state index in [1.165, 1.54) is 0 Å². The van der Waals surface area contributed by atoms with E-state index in [0.717, 1.165) is 48.8 Å². The number of likely N-dealkylation sites (tertiary alicyclic amines) is 1. The molecule has 4 aromatic rings. The lowest BCUT2D eigenvalue weighted by Crippen LogP contribution is -2.41. The Morgan fingerprint density at radius 3 is 2.42 bits per heavy atom. The van der Waals surface area contributed by atoms with Crippen LogP contribution in [0.3, 0.4) is 0 Å². The van der Waals surface area contributed by atoms with Crippen molar-refractivity contribution in [2.45, 2.75) is 39.0 Å². The molecule has 5 rings (SSSR count). The number of pyridine rings is 1. The van der Waals surface area contributed by atoms with Gasteiger partial charge in [0.1, 0.15) is 11.5 Å². The molecule has 1 aliphatic heterocycles. The van der Waals surface area contributed by atoms with Crippen LogP contribution in [0.1, 0.15) is 35.8 Å². The predicted octanol–water partition coefficient (Wildman–Crippen LogP) is 4.88. The molecule has 0 saturated carbocycles. The molecule has 3 N–H and O–H groups in total. The number of aromatic nitrogens is 2. The number of nitrogens with one attached hydrogen (secondary N) is 3. The van der Waals surface area contributed by atoms with Crippen LogP contribution in [0, 0.1) is 0 Å². The predicted molar refractivity (Wildman–Crippen MR) is 158 cm³/mol. The summed E-state index contributed by atoms with van der Waals surface area (Å²) in [5.41, 5.74) is 2.52. The average molecular weight is 596 g/mol. The van der Waals surface area contributed by atoms with Crippen molar-refractivity contribution in [3.05, 3.63) is 90.4 Å². The molecule has 1 unspecified atom stereocenters. The van der Waals surface area contributed by atoms with E-state index in [4.69, 9.17) is 4.74 Å². The van der Waals surface area contributed by atoms with Gasteiger partial charge >= 0.3 is 6.61 Å². The van der Waals surface area contributed by atoms with Crippen LogP contribution in [0.4, 0.5) is 8.78 Å². The molecule has 1 aliphatic rings. The molecule has 1 saturated heterocycles. The number of hydrogen-bond acceptors (Lipinski definition) is 6. The number of H-pyrrole nitrogens is 1. The highest BCUT2D eigenvalue weighted by atomic mass is 19.3. The number of carbonyl (C=O) groups excluding carboxylic acids is 3. The first-order chi connectivity index (χ1) is 20.8. The van der Waals surface area contributed by atoms with Gasteiger partial charge in [0.2, 0.25) is 12.3 Å². The molecule has 0 bridgehead atoms. The zero-order valence-corrected chi connectivity index (χ0v) is 24.0. The number of para-hydroxylation sites is 1. The molecular formula is C31H35F2N5O5. The highest BCUT2D eigenvalue weighted by molar-refractivity contribution is 5.96. The number of halogens is 2. The van der Waals surface area contributed by atoms with Crippen LogP contribution >= 0.6 is 0 Å². The molecule has 2 aromatic carbocycles. The van der Waals surface area contributed by atoms with Gasteiger partial charge in [0.25, 0.3) is 5.91 Å². The maximum atomic E-state index is 12.2. The molecule has 43 heavy (non-hydrogen) atoms. The Bertz CT molecular complexity index is 1400. The second kappa shape index (κ2) is 17.2. The Hall–Kier alpha value is -4.84. The van der Waals surface area contributed by atoms with Crippen molar-refractivity contribution in [1.82, 2.24) is 25.5 Å². The summed E-state index contributed by atoms with van der Waals surface area (Å²) in [5.74, 6) is 1.11. The summed E-state index contributed by atoms with van der Waals surface area (Å²) in [4.78, 5) is 43.4. The Kier molecular flexibility index (Phi) is 13.1. The summed E-state index contributed by atoms with van der Waals surface area (Å²) >= 11 is 0. The summed E-state index contributed by atoms with van der Waals surface area (Å²) in [6.07, 6.45) is 6.27. The lowest BCUT2D eigenvalue weighted by Gasteiger charge is -2.21. The van der Waals surface area contributed by atoms with Crippen LogP contribution in [0.15, 0.2) is 79.1 Å². The van der Waals surface area contributed by atoms with E-state index in [2.05, 4.69) is 25.3 Å². The first-order valence-corrected chi connectivity index (χ1v) is 13.6. The van der Waals surface area contributed by atoms with Gasteiger partial charge in [-0.3, -0.25) is 19.4 Å². The van der Waals surface area contributed by atoms with Crippen molar-refractivity contribution in [2.75, 3.05) is 20.2 Å². The van der Waals surface area contributed by atoms with Crippen LogP contribution in [0.25, 0.3) is 10.9 Å². The number of carbonyl (C=O) groups is 3. The topological polar surface area (TPSA) is 126 Å². The first kappa shape index (κ1) is 32.7. The smallest absolute Gasteiger partial charge is 0.345 e. The zero-order chi connectivity index (χ0) is 31.0. The van der Waals surface area contributed by atoms with Crippen molar-refractivity contribution in [3.8, 4) is 11.5 Å². The van der Waals surface area contributed by atoms with Crippen LogP contribution in [0.5, 0.6) is 11.5 Å². The summed E-state index contributed by atoms with van der Waals surface area (Å²) in [5, 5.41) is 6.35. The monoisotopic (exact) mass is 595 g/mol. The van der Waals surface area contributed by atoms with Crippen molar-refractivity contribution in [1.29, 1.82) is 0 Å². The molecule has 12 heteroatoms. The minimum Gasteiger partial charge on any atom is -0.457 e. The number of fused-ring (bicyclic) bond motifs is 1. The molecule has 0 aliphatic carbocycles. The van der Waals surface area contributed by atoms with Crippen LogP contribution in [-0.2, 0) is 20.9 Å². The number of amides is 3. The third kappa shape index (κ3) is 10.8. The summed E-state index contributed by atoms with van der Waals surface area (Å²) in [6.45, 7) is 0.762. The molecule has 3 heterocycles. The number of rotatable bonds is 9. The maximum absolute atomic E-state index is 12.2. The van der Waals surface area contributed by atoms with Crippen LogP contribution in [0.2, 0.25) is 0 Å². The second-order valence-electron chi connectivity index (χ2n) is 9.45. The Morgan fingerprint density at radius 2 is 1.81 bits per heavy atom. The van der Waals surface area contributed by atoms with Crippen molar-refractivity contribution in [2.24, 2.45) is 0 Å². The molecule has 2 aromatic heterocycles. The summed E-state index contributed by atoms with van der Waals surface area (Å²) in [6, 6.07) is 20.5. The number of benzene rings is 2. The Balaban J connectivity index is 0.000000233. The fourth-order valence-electron chi connectivity index (χ4n) is 4.24. The van der Waals surface area contributed by atoms with E-state index >= 15 is 0 Å². The zero-order valence-electron chi connectivity index (χ0n) is 24.0. The highest BCUT2D eigenvalue weighted by Gasteiger charge is 2.25. The standard InChI is InChI=1S/C20H22N2O3.C9H9N3O.C2H4F2O/c1-15-6-5-13-22(15)19(23)14-21-20(24)16-9-11-18(12-10-16)25-17-7-3-2-4-8-17;13-6-11-5-8-3-7-4-10-2-1-9(7)12-8;1-5-2(3)4/h2-4,7-12,15H,5-6,13-14H2,1H3,(H,21,24);1-4,6,12H,5H2,(H,11,13);2H,1H3. The van der Waals surface area contributed by atoms with Crippen molar-refractivity contribution < 1.29 is 32.6 Å². The van der Waals surface area contributed by atoms with E-state index in [1.54, 1.807) is 36.7 Å². The third-order valence-electron chi connectivity index (χ3n) is 6.40. The number of aromatic amines is 1. The van der Waals surface area contributed by atoms with Gasteiger partial charge in [-0.25, -0.2) is 0 Å². The summed E-state index contributed by atoms with van der Waals surface area (Å²) in [7, 11) is 0.949. The maximum Gasteiger partial charge on any atom is 0.345 e. The van der Waals surface area contributed by atoms with Gasteiger partial charge in [-0.05, 0) is 68.3 Å². The normalized spacial score (nSPS) is 13.8. The lowest BCUT2D eigenvalue weighted by molar-refractivity contribution is -0.130. The van der Waals surface area contributed by atoms with E-state index in [-0.39, 0.29) is 24.4 Å². The quantitative estimate of drug-likeness (QED) is 0.237. The van der Waals surface area contributed by atoms with Gasteiger partial charge in [-0.15, -0.1) is 0 Å².